The van der Waals surface area contributed by atoms with Crippen LogP contribution in [-0.4, -0.2) is 84.6 Å². The fraction of sp³-hybridized carbons (Fsp3) is 0.615. The molecule has 2 aliphatic rings. The molecule has 1 saturated heterocycles. The minimum atomic E-state index is -3.34. The van der Waals surface area contributed by atoms with Gasteiger partial charge in [0.1, 0.15) is 5.60 Å². The van der Waals surface area contributed by atoms with Gasteiger partial charge in [-0.2, -0.15) is 9.40 Å². The normalized spacial score (nSPS) is 17.5. The van der Waals surface area contributed by atoms with Crippen LogP contribution in [0.25, 0.3) is 11.3 Å². The summed E-state index contributed by atoms with van der Waals surface area (Å²) in [6, 6.07) is 5.50. The van der Waals surface area contributed by atoms with Crippen molar-refractivity contribution in [2.24, 2.45) is 0 Å². The number of carbonyl (C=O) groups is 1. The predicted octanol–water partition coefficient (Wildman–Crippen LogP) is 3.13. The Kier molecular flexibility index (Phi) is 8.65. The molecule has 1 fully saturated rings. The fourth-order valence-corrected chi connectivity index (χ4v) is 5.80. The lowest BCUT2D eigenvalue weighted by molar-refractivity contribution is -0.153. The van der Waals surface area contributed by atoms with Gasteiger partial charge in [-0.15, -0.1) is 0 Å². The first-order valence-electron chi connectivity index (χ1n) is 12.7. The maximum absolute atomic E-state index is 12.5. The van der Waals surface area contributed by atoms with Crippen LogP contribution in [0.3, 0.4) is 0 Å². The largest absolute Gasteiger partial charge is 0.460 e. The number of aryl methyl sites for hydroxylation is 1. The minimum absolute atomic E-state index is 0.0435. The summed E-state index contributed by atoms with van der Waals surface area (Å²) in [5.41, 5.74) is 3.59. The number of fused-ring (bicyclic) bond motifs is 1. The first kappa shape index (κ1) is 28.0. The summed E-state index contributed by atoms with van der Waals surface area (Å²) in [6.07, 6.45) is 2.83. The molecule has 0 N–H and O–H groups in total. The number of benzene rings is 1. The molecule has 11 heteroatoms. The van der Waals surface area contributed by atoms with Crippen LogP contribution in [0.5, 0.6) is 0 Å². The van der Waals surface area contributed by atoms with E-state index >= 15 is 0 Å². The predicted molar refractivity (Wildman–Crippen MR) is 143 cm³/mol. The molecule has 204 valence electrons. The summed E-state index contributed by atoms with van der Waals surface area (Å²) >= 11 is 6.44. The standard InChI is InChI=1S/C26H37ClN4O5S/c1-26(2,3)36-24(32)17-20-16-19(6-7-22(20)27)25-21-18-30(37(4,33)34)11-8-23(21)31(28-25)10-5-9-29-12-14-35-15-13-29/h6-7,16H,5,8-15,17-18H2,1-4H3. The van der Waals surface area contributed by atoms with Gasteiger partial charge in [0.15, 0.2) is 0 Å². The van der Waals surface area contributed by atoms with Gasteiger partial charge >= 0.3 is 5.97 Å². The number of ether oxygens (including phenoxy) is 2. The van der Waals surface area contributed by atoms with E-state index in [0.29, 0.717) is 23.6 Å². The number of carbonyl (C=O) groups excluding carboxylic acids is 1. The molecule has 0 atom stereocenters. The molecule has 9 nitrogen and oxygen atoms in total. The smallest absolute Gasteiger partial charge is 0.310 e. The van der Waals surface area contributed by atoms with Crippen molar-refractivity contribution in [1.29, 1.82) is 0 Å². The zero-order chi connectivity index (χ0) is 26.8. The first-order valence-corrected chi connectivity index (χ1v) is 15.0. The lowest BCUT2D eigenvalue weighted by atomic mass is 9.99. The van der Waals surface area contributed by atoms with Gasteiger partial charge in [0.2, 0.25) is 10.0 Å². The molecular formula is C26H37ClN4O5S. The van der Waals surface area contributed by atoms with Gasteiger partial charge in [-0.05, 0) is 44.9 Å². The monoisotopic (exact) mass is 552 g/mol. The van der Waals surface area contributed by atoms with E-state index in [1.54, 1.807) is 6.07 Å². The Balaban J connectivity index is 1.61. The molecule has 0 radical (unpaired) electrons. The van der Waals surface area contributed by atoms with Crippen LogP contribution in [0.4, 0.5) is 0 Å². The minimum Gasteiger partial charge on any atom is -0.460 e. The van der Waals surface area contributed by atoms with Crippen molar-refractivity contribution in [2.45, 2.75) is 58.7 Å². The van der Waals surface area contributed by atoms with Crippen LogP contribution < -0.4 is 0 Å². The van der Waals surface area contributed by atoms with Crippen molar-refractivity contribution in [3.8, 4) is 11.3 Å². The lowest BCUT2D eigenvalue weighted by Gasteiger charge is -2.27. The summed E-state index contributed by atoms with van der Waals surface area (Å²) < 4.78 is 39.1. The Bertz CT molecular complexity index is 1230. The molecule has 0 bridgehead atoms. The molecule has 0 amide bonds. The second-order valence-electron chi connectivity index (χ2n) is 10.7. The Labute approximate surface area is 224 Å². The third kappa shape index (κ3) is 7.32. The lowest BCUT2D eigenvalue weighted by Crippen LogP contribution is -2.37. The summed E-state index contributed by atoms with van der Waals surface area (Å²) in [5, 5.41) is 5.44. The average Bonchev–Trinajstić information content (AvgIpc) is 3.17. The van der Waals surface area contributed by atoms with Crippen molar-refractivity contribution in [3.63, 3.8) is 0 Å². The van der Waals surface area contributed by atoms with E-state index in [2.05, 4.69) is 4.90 Å². The number of esters is 1. The van der Waals surface area contributed by atoms with Gasteiger partial charge in [0, 0.05) is 67.5 Å². The number of nitrogens with zero attached hydrogens (tertiary/aromatic N) is 4. The molecule has 1 aromatic carbocycles. The molecule has 0 aliphatic carbocycles. The molecule has 0 saturated carbocycles. The third-order valence-corrected chi connectivity index (χ3v) is 8.21. The van der Waals surface area contributed by atoms with Crippen molar-refractivity contribution in [2.75, 3.05) is 45.6 Å². The molecule has 4 rings (SSSR count). The Morgan fingerprint density at radius 2 is 1.89 bits per heavy atom. The van der Waals surface area contributed by atoms with Crippen molar-refractivity contribution < 1.29 is 22.7 Å². The van der Waals surface area contributed by atoms with E-state index < -0.39 is 15.6 Å². The topological polar surface area (TPSA) is 94.0 Å². The molecule has 37 heavy (non-hydrogen) atoms. The van der Waals surface area contributed by atoms with Gasteiger partial charge in [-0.3, -0.25) is 14.4 Å². The van der Waals surface area contributed by atoms with Crippen molar-refractivity contribution in [1.82, 2.24) is 19.0 Å². The number of rotatable bonds is 8. The number of hydrogen-bond donors (Lipinski definition) is 0. The Morgan fingerprint density at radius 1 is 1.16 bits per heavy atom. The highest BCUT2D eigenvalue weighted by molar-refractivity contribution is 7.88. The Morgan fingerprint density at radius 3 is 2.57 bits per heavy atom. The van der Waals surface area contributed by atoms with Crippen LogP contribution in [-0.2, 0) is 50.2 Å². The third-order valence-electron chi connectivity index (χ3n) is 6.59. The van der Waals surface area contributed by atoms with Crippen LogP contribution in [0.15, 0.2) is 18.2 Å². The van der Waals surface area contributed by atoms with Gasteiger partial charge in [0.05, 0.1) is 31.6 Å². The van der Waals surface area contributed by atoms with Gasteiger partial charge < -0.3 is 9.47 Å². The number of hydrogen-bond acceptors (Lipinski definition) is 7. The summed E-state index contributed by atoms with van der Waals surface area (Å²) in [6.45, 7) is 11.3. The quantitative estimate of drug-likeness (QED) is 0.464. The van der Waals surface area contributed by atoms with E-state index in [1.807, 2.05) is 37.6 Å². The van der Waals surface area contributed by atoms with Crippen LogP contribution in [0.2, 0.25) is 5.02 Å². The Hall–Kier alpha value is -1.98. The second kappa shape index (κ2) is 11.4. The maximum Gasteiger partial charge on any atom is 0.310 e. The highest BCUT2D eigenvalue weighted by atomic mass is 35.5. The highest BCUT2D eigenvalue weighted by Gasteiger charge is 2.30. The molecule has 2 aliphatic heterocycles. The second-order valence-corrected chi connectivity index (χ2v) is 13.1. The maximum atomic E-state index is 12.5. The van der Waals surface area contributed by atoms with Crippen molar-refractivity contribution >= 4 is 27.6 Å². The summed E-state index contributed by atoms with van der Waals surface area (Å²) in [4.78, 5) is 14.9. The van der Waals surface area contributed by atoms with Gasteiger partial charge in [-0.25, -0.2) is 8.42 Å². The number of halogens is 1. The molecule has 1 aromatic heterocycles. The molecule has 0 spiro atoms. The summed E-state index contributed by atoms with van der Waals surface area (Å²) in [5.74, 6) is -0.356. The van der Waals surface area contributed by atoms with Crippen LogP contribution >= 0.6 is 11.6 Å². The zero-order valence-corrected chi connectivity index (χ0v) is 23.7. The van der Waals surface area contributed by atoms with E-state index in [1.165, 1.54) is 10.6 Å². The van der Waals surface area contributed by atoms with E-state index in [9.17, 15) is 13.2 Å². The zero-order valence-electron chi connectivity index (χ0n) is 22.1. The van der Waals surface area contributed by atoms with E-state index in [0.717, 1.165) is 68.3 Å². The SMILES string of the molecule is CC(C)(C)OC(=O)Cc1cc(-c2nn(CCCN3CCOCC3)c3c2CN(S(C)(=O)=O)CC3)ccc1Cl. The van der Waals surface area contributed by atoms with Crippen LogP contribution in [0, 0.1) is 0 Å². The number of aromatic nitrogens is 2. The van der Waals surface area contributed by atoms with E-state index in [-0.39, 0.29) is 18.9 Å². The fourth-order valence-electron chi connectivity index (χ4n) is 4.83. The average molecular weight is 553 g/mol. The first-order chi connectivity index (χ1) is 17.4. The van der Waals surface area contributed by atoms with Gasteiger partial charge in [-0.1, -0.05) is 17.7 Å². The van der Waals surface area contributed by atoms with Crippen molar-refractivity contribution in [3.05, 3.63) is 40.0 Å². The van der Waals surface area contributed by atoms with Crippen LogP contribution in [0.1, 0.15) is 44.0 Å². The highest BCUT2D eigenvalue weighted by Crippen LogP contribution is 2.33. The molecule has 2 aromatic rings. The number of morpholine rings is 1. The number of sulfonamides is 1. The molecule has 3 heterocycles. The van der Waals surface area contributed by atoms with E-state index in [4.69, 9.17) is 26.2 Å². The molecule has 0 unspecified atom stereocenters. The van der Waals surface area contributed by atoms with Gasteiger partial charge in [0.25, 0.3) is 0 Å². The summed E-state index contributed by atoms with van der Waals surface area (Å²) in [7, 11) is -3.34. The molecular weight excluding hydrogens is 516 g/mol.